The fourth-order valence-corrected chi connectivity index (χ4v) is 2.27. The van der Waals surface area contributed by atoms with Crippen LogP contribution in [0.25, 0.3) is 0 Å². The molecule has 1 aliphatic rings. The highest BCUT2D eigenvalue weighted by Crippen LogP contribution is 2.32. The maximum absolute atomic E-state index is 12.7. The molecule has 0 aromatic rings. The maximum Gasteiger partial charge on any atom is 0.230 e. The number of hydrogen-bond donors (Lipinski definition) is 2. The Labute approximate surface area is 111 Å². The number of rotatable bonds is 3. The Morgan fingerprint density at radius 3 is 2.39 bits per heavy atom. The van der Waals surface area contributed by atoms with Crippen molar-refractivity contribution < 1.29 is 9.90 Å². The van der Waals surface area contributed by atoms with Crippen molar-refractivity contribution in [1.82, 2.24) is 4.90 Å². The number of hydrogen-bond acceptors (Lipinski definition) is 3. The van der Waals surface area contributed by atoms with Gasteiger partial charge in [0.25, 0.3) is 0 Å². The summed E-state index contributed by atoms with van der Waals surface area (Å²) in [6.45, 7) is 8.35. The van der Waals surface area contributed by atoms with Crippen molar-refractivity contribution in [3.63, 3.8) is 0 Å². The summed E-state index contributed by atoms with van der Waals surface area (Å²) < 4.78 is 0. The molecular formula is C14H28N2O2. The van der Waals surface area contributed by atoms with E-state index in [0.717, 1.165) is 32.2 Å². The van der Waals surface area contributed by atoms with Crippen molar-refractivity contribution in [3.8, 4) is 0 Å². The summed E-state index contributed by atoms with van der Waals surface area (Å²) in [5, 5.41) is 9.48. The lowest BCUT2D eigenvalue weighted by atomic mass is 9.74. The van der Waals surface area contributed by atoms with Gasteiger partial charge in [-0.05, 0) is 40.5 Å². The van der Waals surface area contributed by atoms with Gasteiger partial charge in [0.2, 0.25) is 5.91 Å². The SMILES string of the molecule is CC(C)(N)C(C)(C)C(=O)N1CCCCCC1CO. The molecule has 1 atom stereocenters. The van der Waals surface area contributed by atoms with Crippen molar-refractivity contribution in [2.24, 2.45) is 11.1 Å². The topological polar surface area (TPSA) is 66.6 Å². The van der Waals surface area contributed by atoms with E-state index in [2.05, 4.69) is 0 Å². The third kappa shape index (κ3) is 3.04. The summed E-state index contributed by atoms with van der Waals surface area (Å²) in [4.78, 5) is 14.6. The van der Waals surface area contributed by atoms with Crippen LogP contribution in [0.2, 0.25) is 0 Å². The Bertz CT molecular complexity index is 295. The first-order valence-electron chi connectivity index (χ1n) is 6.92. The van der Waals surface area contributed by atoms with E-state index < -0.39 is 11.0 Å². The highest BCUT2D eigenvalue weighted by Gasteiger charge is 2.44. The monoisotopic (exact) mass is 256 g/mol. The van der Waals surface area contributed by atoms with Crippen LogP contribution in [0.15, 0.2) is 0 Å². The molecule has 1 saturated heterocycles. The molecule has 1 rings (SSSR count). The van der Waals surface area contributed by atoms with E-state index in [9.17, 15) is 9.90 Å². The lowest BCUT2D eigenvalue weighted by Crippen LogP contribution is -2.58. The minimum atomic E-state index is -0.620. The zero-order valence-corrected chi connectivity index (χ0v) is 12.2. The molecule has 1 aliphatic heterocycles. The molecule has 4 heteroatoms. The fraction of sp³-hybridized carbons (Fsp3) is 0.929. The third-order valence-corrected chi connectivity index (χ3v) is 4.49. The number of amides is 1. The molecule has 1 amide bonds. The molecule has 0 aromatic heterocycles. The summed E-state index contributed by atoms with van der Waals surface area (Å²) in [6, 6.07) is -0.0402. The molecule has 0 saturated carbocycles. The number of carbonyl (C=O) groups is 1. The predicted molar refractivity (Wildman–Crippen MR) is 73.1 cm³/mol. The minimum absolute atomic E-state index is 0.0402. The van der Waals surface area contributed by atoms with Crippen molar-refractivity contribution in [2.45, 2.75) is 65.0 Å². The van der Waals surface area contributed by atoms with Gasteiger partial charge in [-0.3, -0.25) is 4.79 Å². The Morgan fingerprint density at radius 1 is 1.28 bits per heavy atom. The van der Waals surface area contributed by atoms with E-state index in [1.165, 1.54) is 0 Å². The van der Waals surface area contributed by atoms with Crippen molar-refractivity contribution >= 4 is 5.91 Å². The predicted octanol–water partition coefficient (Wildman–Crippen LogP) is 1.51. The summed E-state index contributed by atoms with van der Waals surface area (Å²) in [7, 11) is 0. The van der Waals surface area contributed by atoms with Gasteiger partial charge >= 0.3 is 0 Å². The molecule has 1 fully saturated rings. The molecule has 0 spiro atoms. The van der Waals surface area contributed by atoms with Gasteiger partial charge in [0.1, 0.15) is 0 Å². The molecule has 4 nitrogen and oxygen atoms in total. The van der Waals surface area contributed by atoms with Crippen LogP contribution in [0.5, 0.6) is 0 Å². The van der Waals surface area contributed by atoms with Crippen LogP contribution in [-0.4, -0.2) is 40.6 Å². The van der Waals surface area contributed by atoms with Gasteiger partial charge in [-0.1, -0.05) is 12.8 Å². The molecule has 3 N–H and O–H groups in total. The largest absolute Gasteiger partial charge is 0.394 e. The quantitative estimate of drug-likeness (QED) is 0.804. The normalized spacial score (nSPS) is 22.8. The second-order valence-electron chi connectivity index (χ2n) is 6.53. The number of nitrogens with two attached hydrogens (primary N) is 1. The lowest BCUT2D eigenvalue weighted by molar-refractivity contribution is -0.146. The second kappa shape index (κ2) is 5.57. The third-order valence-electron chi connectivity index (χ3n) is 4.49. The van der Waals surface area contributed by atoms with Crippen LogP contribution in [0.4, 0.5) is 0 Å². The van der Waals surface area contributed by atoms with Gasteiger partial charge in [0.05, 0.1) is 18.1 Å². The van der Waals surface area contributed by atoms with Gasteiger partial charge in [-0.2, -0.15) is 0 Å². The molecule has 0 aliphatic carbocycles. The van der Waals surface area contributed by atoms with Crippen LogP contribution in [-0.2, 0) is 4.79 Å². The van der Waals surface area contributed by atoms with E-state index in [-0.39, 0.29) is 18.6 Å². The van der Waals surface area contributed by atoms with E-state index in [0.29, 0.717) is 0 Å². The highest BCUT2D eigenvalue weighted by atomic mass is 16.3. The molecule has 18 heavy (non-hydrogen) atoms. The molecule has 1 heterocycles. The van der Waals surface area contributed by atoms with Crippen molar-refractivity contribution in [3.05, 3.63) is 0 Å². The first-order valence-corrected chi connectivity index (χ1v) is 6.92. The van der Waals surface area contributed by atoms with E-state index >= 15 is 0 Å². The summed E-state index contributed by atoms with van der Waals surface area (Å²) >= 11 is 0. The van der Waals surface area contributed by atoms with Crippen molar-refractivity contribution in [2.75, 3.05) is 13.2 Å². The van der Waals surface area contributed by atoms with E-state index in [1.54, 1.807) is 0 Å². The van der Waals surface area contributed by atoms with Gasteiger partial charge in [0.15, 0.2) is 0 Å². The van der Waals surface area contributed by atoms with Crippen LogP contribution in [0, 0.1) is 5.41 Å². The summed E-state index contributed by atoms with van der Waals surface area (Å²) in [5.41, 5.74) is 4.94. The molecule has 0 bridgehead atoms. The number of aliphatic hydroxyl groups is 1. The Kier molecular flexibility index (Phi) is 4.78. The highest BCUT2D eigenvalue weighted by molar-refractivity contribution is 5.83. The maximum atomic E-state index is 12.7. The molecular weight excluding hydrogens is 228 g/mol. The molecule has 106 valence electrons. The Balaban J connectivity index is 2.92. The number of nitrogens with zero attached hydrogens (tertiary/aromatic N) is 1. The first kappa shape index (κ1) is 15.4. The second-order valence-corrected chi connectivity index (χ2v) is 6.53. The molecule has 0 radical (unpaired) electrons. The Morgan fingerprint density at radius 2 is 1.89 bits per heavy atom. The summed E-state index contributed by atoms with van der Waals surface area (Å²) in [6.07, 6.45) is 4.13. The van der Waals surface area contributed by atoms with Crippen molar-refractivity contribution in [1.29, 1.82) is 0 Å². The molecule has 1 unspecified atom stereocenters. The summed E-state index contributed by atoms with van der Waals surface area (Å²) in [5.74, 6) is 0.0657. The first-order chi connectivity index (χ1) is 8.21. The van der Waals surface area contributed by atoms with Gasteiger partial charge in [-0.15, -0.1) is 0 Å². The van der Waals surface area contributed by atoms with Crippen LogP contribution < -0.4 is 5.73 Å². The minimum Gasteiger partial charge on any atom is -0.394 e. The van der Waals surface area contributed by atoms with Gasteiger partial charge in [0, 0.05) is 12.1 Å². The fourth-order valence-electron chi connectivity index (χ4n) is 2.27. The molecule has 0 aromatic carbocycles. The zero-order chi connectivity index (χ0) is 14.0. The smallest absolute Gasteiger partial charge is 0.230 e. The number of aliphatic hydroxyl groups excluding tert-OH is 1. The Hall–Kier alpha value is -0.610. The number of carbonyl (C=O) groups excluding carboxylic acids is 1. The van der Waals surface area contributed by atoms with Crippen LogP contribution in [0.3, 0.4) is 0 Å². The van der Waals surface area contributed by atoms with Crippen LogP contribution in [0.1, 0.15) is 53.4 Å². The standard InChI is InChI=1S/C14H28N2O2/c1-13(2,14(3,4)15)12(18)16-9-7-5-6-8-11(16)10-17/h11,17H,5-10,15H2,1-4H3. The lowest BCUT2D eigenvalue weighted by Gasteiger charge is -2.42. The zero-order valence-electron chi connectivity index (χ0n) is 12.2. The average molecular weight is 256 g/mol. The average Bonchev–Trinajstić information content (AvgIpc) is 2.50. The van der Waals surface area contributed by atoms with E-state index in [4.69, 9.17) is 5.73 Å². The van der Waals surface area contributed by atoms with E-state index in [1.807, 2.05) is 32.6 Å². The van der Waals surface area contributed by atoms with Gasteiger partial charge in [-0.25, -0.2) is 0 Å². The van der Waals surface area contributed by atoms with Gasteiger partial charge < -0.3 is 15.7 Å². The number of likely N-dealkylation sites (tertiary alicyclic amines) is 1. The van der Waals surface area contributed by atoms with Crippen LogP contribution >= 0.6 is 0 Å².